The number of piperidine rings is 1. The molecule has 3 aromatic rings. The summed E-state index contributed by atoms with van der Waals surface area (Å²) in [6, 6.07) is 15.2. The van der Waals surface area contributed by atoms with Crippen LogP contribution in [0.2, 0.25) is 0 Å². The summed E-state index contributed by atoms with van der Waals surface area (Å²) in [5.41, 5.74) is 4.39. The van der Waals surface area contributed by atoms with Crippen molar-refractivity contribution < 1.29 is 37.1 Å². The zero-order valence-electron chi connectivity index (χ0n) is 21.5. The van der Waals surface area contributed by atoms with E-state index in [1.54, 1.807) is 37.3 Å². The first-order valence-corrected chi connectivity index (χ1v) is 12.3. The highest BCUT2D eigenvalue weighted by atomic mass is 19.4. The summed E-state index contributed by atoms with van der Waals surface area (Å²) >= 11 is 0. The number of aliphatic imine (C=N–C) groups is 1. The smallest absolute Gasteiger partial charge is 0.416 e. The van der Waals surface area contributed by atoms with Gasteiger partial charge in [-0.25, -0.2) is 14.2 Å². The third kappa shape index (κ3) is 6.11. The SMILES string of the molecule is CCN1C(=O)C(NC(=O)c2cccc(C(F)(F)F)c2)C(c2ccc(F)cc2)/C(=C(/N)C(=O)O)C1=Nc1ccccc1. The Balaban J connectivity index is 1.92. The van der Waals surface area contributed by atoms with Crippen LogP contribution in [0, 0.1) is 5.82 Å². The molecule has 41 heavy (non-hydrogen) atoms. The molecule has 2 unspecified atom stereocenters. The molecule has 1 saturated heterocycles. The number of likely N-dealkylation sites (tertiary alicyclic amines) is 1. The number of carbonyl (C=O) groups excluding carboxylic acids is 2. The first kappa shape index (κ1) is 29.0. The molecule has 0 bridgehead atoms. The van der Waals surface area contributed by atoms with E-state index in [0.717, 1.165) is 35.2 Å². The van der Waals surface area contributed by atoms with Gasteiger partial charge in [-0.3, -0.25) is 14.5 Å². The molecule has 3 aromatic carbocycles. The molecule has 1 aliphatic heterocycles. The van der Waals surface area contributed by atoms with Crippen molar-refractivity contribution in [1.29, 1.82) is 0 Å². The number of nitrogens with two attached hydrogens (primary N) is 1. The van der Waals surface area contributed by atoms with Crippen LogP contribution >= 0.6 is 0 Å². The normalized spacial score (nSPS) is 19.7. The van der Waals surface area contributed by atoms with Gasteiger partial charge in [0, 0.05) is 23.6 Å². The highest BCUT2D eigenvalue weighted by molar-refractivity contribution is 6.17. The van der Waals surface area contributed by atoms with Crippen molar-refractivity contribution in [2.75, 3.05) is 6.54 Å². The second-order valence-electron chi connectivity index (χ2n) is 9.04. The minimum Gasteiger partial charge on any atom is -0.477 e. The second kappa shape index (κ2) is 11.6. The lowest BCUT2D eigenvalue weighted by atomic mass is 9.78. The molecule has 8 nitrogen and oxygen atoms in total. The van der Waals surface area contributed by atoms with Gasteiger partial charge >= 0.3 is 12.1 Å². The van der Waals surface area contributed by atoms with Gasteiger partial charge in [-0.15, -0.1) is 0 Å². The lowest BCUT2D eigenvalue weighted by molar-refractivity contribution is -0.137. The number of carboxylic acid groups (broad SMARTS) is 1. The quantitative estimate of drug-likeness (QED) is 0.296. The molecule has 4 N–H and O–H groups in total. The molecule has 4 rings (SSSR count). The maximum absolute atomic E-state index is 13.9. The fourth-order valence-corrected chi connectivity index (χ4v) is 4.56. The van der Waals surface area contributed by atoms with E-state index in [9.17, 15) is 37.1 Å². The van der Waals surface area contributed by atoms with Crippen molar-refractivity contribution in [3.8, 4) is 0 Å². The Morgan fingerprint density at radius 3 is 2.27 bits per heavy atom. The van der Waals surface area contributed by atoms with Gasteiger partial charge in [-0.05, 0) is 55.0 Å². The van der Waals surface area contributed by atoms with E-state index >= 15 is 0 Å². The van der Waals surface area contributed by atoms with E-state index in [1.807, 2.05) is 0 Å². The number of halogens is 4. The van der Waals surface area contributed by atoms with E-state index in [4.69, 9.17) is 5.73 Å². The Morgan fingerprint density at radius 2 is 1.68 bits per heavy atom. The van der Waals surface area contributed by atoms with Gasteiger partial charge in [0.05, 0.1) is 11.3 Å². The molecule has 2 atom stereocenters. The van der Waals surface area contributed by atoms with Crippen molar-refractivity contribution in [2.45, 2.75) is 25.1 Å². The number of alkyl halides is 3. The van der Waals surface area contributed by atoms with E-state index in [1.165, 1.54) is 12.1 Å². The first-order valence-electron chi connectivity index (χ1n) is 12.3. The van der Waals surface area contributed by atoms with Crippen molar-refractivity contribution in [3.63, 3.8) is 0 Å². The van der Waals surface area contributed by atoms with E-state index in [2.05, 4.69) is 10.3 Å². The predicted octanol–water partition coefficient (Wildman–Crippen LogP) is 4.62. The number of nitrogens with one attached hydrogen (secondary N) is 1. The predicted molar refractivity (Wildman–Crippen MR) is 142 cm³/mol. The number of likely N-dealkylation sites (N-methyl/N-ethyl adjacent to an activating group) is 1. The van der Waals surface area contributed by atoms with Crippen LogP contribution in [0.4, 0.5) is 23.2 Å². The number of carboxylic acids is 1. The first-order chi connectivity index (χ1) is 19.4. The van der Waals surface area contributed by atoms with Crippen LogP contribution in [0.25, 0.3) is 0 Å². The van der Waals surface area contributed by atoms with Crippen LogP contribution in [-0.4, -0.2) is 46.2 Å². The summed E-state index contributed by atoms with van der Waals surface area (Å²) in [4.78, 5) is 45.0. The van der Waals surface area contributed by atoms with E-state index in [-0.39, 0.29) is 29.1 Å². The Hall–Kier alpha value is -5.00. The fraction of sp³-hybridized carbons (Fsp3) is 0.172. The molecular formula is C29H24F4N4O4. The lowest BCUT2D eigenvalue weighted by Crippen LogP contribution is -2.59. The maximum Gasteiger partial charge on any atom is 0.416 e. The highest BCUT2D eigenvalue weighted by Crippen LogP contribution is 2.38. The largest absolute Gasteiger partial charge is 0.477 e. The van der Waals surface area contributed by atoms with Crippen molar-refractivity contribution in [3.05, 3.63) is 113 Å². The standard InChI is InChI=1S/C29H24F4N4O4/c1-2-37-25(35-20-9-4-3-5-10-20)22(23(34)28(40)41)21(16-11-13-19(30)14-12-16)24(27(37)39)36-26(38)17-7-6-8-18(15-17)29(31,32)33/h3-15,21,24H,2,34H2,1H3,(H,36,38)(H,40,41)/b23-22-,35-25?. The third-order valence-electron chi connectivity index (χ3n) is 6.47. The Bertz CT molecular complexity index is 1540. The molecule has 1 heterocycles. The highest BCUT2D eigenvalue weighted by Gasteiger charge is 2.47. The van der Waals surface area contributed by atoms with Gasteiger partial charge in [0.25, 0.3) is 11.8 Å². The van der Waals surface area contributed by atoms with Crippen LogP contribution in [0.15, 0.2) is 95.1 Å². The van der Waals surface area contributed by atoms with Crippen LogP contribution in [0.3, 0.4) is 0 Å². The number of hydrogen-bond donors (Lipinski definition) is 3. The average molecular weight is 569 g/mol. The monoisotopic (exact) mass is 568 g/mol. The minimum absolute atomic E-state index is 0.0209. The van der Waals surface area contributed by atoms with Crippen molar-refractivity contribution in [1.82, 2.24) is 10.2 Å². The van der Waals surface area contributed by atoms with E-state index < -0.39 is 53.0 Å². The number of amidine groups is 1. The van der Waals surface area contributed by atoms with Gasteiger partial charge in [0.2, 0.25) is 0 Å². The molecular weight excluding hydrogens is 544 g/mol. The Labute approximate surface area is 231 Å². The van der Waals surface area contributed by atoms with Crippen LogP contribution in [-0.2, 0) is 15.8 Å². The van der Waals surface area contributed by atoms with Crippen LogP contribution in [0.5, 0.6) is 0 Å². The molecule has 0 aliphatic carbocycles. The van der Waals surface area contributed by atoms with E-state index in [0.29, 0.717) is 11.8 Å². The number of rotatable bonds is 6. The number of hydrogen-bond acceptors (Lipinski definition) is 5. The van der Waals surface area contributed by atoms with Crippen molar-refractivity contribution in [2.24, 2.45) is 10.7 Å². The van der Waals surface area contributed by atoms with Crippen LogP contribution in [0.1, 0.15) is 34.3 Å². The lowest BCUT2D eigenvalue weighted by Gasteiger charge is -2.41. The van der Waals surface area contributed by atoms with Gasteiger partial charge in [0.1, 0.15) is 23.4 Å². The number of nitrogens with zero attached hydrogens (tertiary/aromatic N) is 2. The summed E-state index contributed by atoms with van der Waals surface area (Å²) in [6.07, 6.45) is -4.72. The number of carbonyl (C=O) groups is 3. The number of aliphatic carboxylic acids is 1. The minimum atomic E-state index is -4.72. The van der Waals surface area contributed by atoms with Gasteiger partial charge in [-0.2, -0.15) is 13.2 Å². The molecule has 12 heteroatoms. The molecule has 0 aromatic heterocycles. The number of amides is 2. The zero-order valence-corrected chi connectivity index (χ0v) is 21.5. The van der Waals surface area contributed by atoms with Gasteiger partial charge in [0.15, 0.2) is 0 Å². The number of benzene rings is 3. The zero-order chi connectivity index (χ0) is 29.9. The number of para-hydroxylation sites is 1. The Morgan fingerprint density at radius 1 is 1.02 bits per heavy atom. The van der Waals surface area contributed by atoms with Gasteiger partial charge in [-0.1, -0.05) is 36.4 Å². The molecule has 0 radical (unpaired) electrons. The second-order valence-corrected chi connectivity index (χ2v) is 9.04. The fourth-order valence-electron chi connectivity index (χ4n) is 4.56. The third-order valence-corrected chi connectivity index (χ3v) is 6.47. The molecule has 2 amide bonds. The van der Waals surface area contributed by atoms with Crippen molar-refractivity contribution >= 4 is 29.3 Å². The molecule has 1 fully saturated rings. The molecule has 0 spiro atoms. The summed E-state index contributed by atoms with van der Waals surface area (Å²) in [7, 11) is 0. The molecule has 212 valence electrons. The molecule has 0 saturated carbocycles. The summed E-state index contributed by atoms with van der Waals surface area (Å²) < 4.78 is 53.7. The maximum atomic E-state index is 13.9. The average Bonchev–Trinajstić information content (AvgIpc) is 2.94. The van der Waals surface area contributed by atoms with Gasteiger partial charge < -0.3 is 16.2 Å². The Kier molecular flexibility index (Phi) is 8.22. The summed E-state index contributed by atoms with van der Waals surface area (Å²) in [6.45, 7) is 1.57. The topological polar surface area (TPSA) is 125 Å². The summed E-state index contributed by atoms with van der Waals surface area (Å²) in [5, 5.41) is 12.4. The summed E-state index contributed by atoms with van der Waals surface area (Å²) in [5.74, 6) is -5.29. The van der Waals surface area contributed by atoms with Crippen LogP contribution < -0.4 is 11.1 Å². The molecule has 1 aliphatic rings.